The standard InChI is InChI=1S/C19H26ClN3O/c1-13-7-8-15(20)9-16(13)23-17(24)14(10-21)11-22-19(5,6)12-18(2,3)4/h7-9,11,22H,12H2,1-6H3,(H,23,24)/b14-11-. The maximum Gasteiger partial charge on any atom is 0.267 e. The van der Waals surface area contributed by atoms with Gasteiger partial charge in [-0.25, -0.2) is 0 Å². The summed E-state index contributed by atoms with van der Waals surface area (Å²) >= 11 is 5.95. The van der Waals surface area contributed by atoms with Crippen LogP contribution in [0.5, 0.6) is 0 Å². The first kappa shape index (κ1) is 20.1. The largest absolute Gasteiger partial charge is 0.385 e. The molecule has 24 heavy (non-hydrogen) atoms. The molecule has 0 aliphatic heterocycles. The van der Waals surface area contributed by atoms with Crippen molar-refractivity contribution < 1.29 is 4.79 Å². The molecule has 5 heteroatoms. The summed E-state index contributed by atoms with van der Waals surface area (Å²) in [5.74, 6) is -0.457. The summed E-state index contributed by atoms with van der Waals surface area (Å²) in [5, 5.41) is 15.7. The van der Waals surface area contributed by atoms with E-state index in [1.54, 1.807) is 12.1 Å². The highest BCUT2D eigenvalue weighted by Crippen LogP contribution is 2.27. The molecule has 0 heterocycles. The molecule has 0 unspecified atom stereocenters. The first-order valence-corrected chi connectivity index (χ1v) is 8.27. The third-order valence-corrected chi connectivity index (χ3v) is 3.63. The van der Waals surface area contributed by atoms with Gasteiger partial charge < -0.3 is 10.6 Å². The lowest BCUT2D eigenvalue weighted by Crippen LogP contribution is -2.39. The van der Waals surface area contributed by atoms with Crippen LogP contribution in [0.1, 0.15) is 46.6 Å². The van der Waals surface area contributed by atoms with E-state index in [9.17, 15) is 10.1 Å². The van der Waals surface area contributed by atoms with E-state index in [0.717, 1.165) is 12.0 Å². The van der Waals surface area contributed by atoms with Crippen molar-refractivity contribution in [2.75, 3.05) is 5.32 Å². The maximum absolute atomic E-state index is 12.3. The summed E-state index contributed by atoms with van der Waals surface area (Å²) in [5.41, 5.74) is 1.41. The molecule has 0 atom stereocenters. The molecule has 0 aromatic heterocycles. The Labute approximate surface area is 149 Å². The minimum absolute atomic E-state index is 0.0244. The van der Waals surface area contributed by atoms with Gasteiger partial charge in [0.25, 0.3) is 5.91 Å². The van der Waals surface area contributed by atoms with E-state index in [1.165, 1.54) is 6.20 Å². The number of nitriles is 1. The second-order valence-corrected chi connectivity index (χ2v) is 8.29. The summed E-state index contributed by atoms with van der Waals surface area (Å²) in [6.45, 7) is 12.4. The molecule has 0 aliphatic carbocycles. The Morgan fingerprint density at radius 3 is 2.46 bits per heavy atom. The van der Waals surface area contributed by atoms with Gasteiger partial charge in [0.15, 0.2) is 0 Å². The van der Waals surface area contributed by atoms with E-state index in [0.29, 0.717) is 10.7 Å². The summed E-state index contributed by atoms with van der Waals surface area (Å²) in [6, 6.07) is 7.18. The third kappa shape index (κ3) is 6.64. The molecule has 1 rings (SSSR count). The van der Waals surface area contributed by atoms with Crippen molar-refractivity contribution in [1.29, 1.82) is 5.26 Å². The average molecular weight is 348 g/mol. The minimum Gasteiger partial charge on any atom is -0.385 e. The molecule has 1 amide bonds. The molecule has 4 nitrogen and oxygen atoms in total. The van der Waals surface area contributed by atoms with Crippen LogP contribution in [0.2, 0.25) is 5.02 Å². The normalized spacial score (nSPS) is 12.5. The monoisotopic (exact) mass is 347 g/mol. The van der Waals surface area contributed by atoms with Crippen molar-refractivity contribution in [2.24, 2.45) is 5.41 Å². The van der Waals surface area contributed by atoms with E-state index in [1.807, 2.05) is 32.9 Å². The summed E-state index contributed by atoms with van der Waals surface area (Å²) < 4.78 is 0. The van der Waals surface area contributed by atoms with Crippen LogP contribution in [-0.2, 0) is 4.79 Å². The fraction of sp³-hybridized carbons (Fsp3) is 0.474. The summed E-state index contributed by atoms with van der Waals surface area (Å²) in [7, 11) is 0. The van der Waals surface area contributed by atoms with Crippen molar-refractivity contribution in [1.82, 2.24) is 5.32 Å². The highest BCUT2D eigenvalue weighted by Gasteiger charge is 2.24. The second kappa shape index (κ2) is 7.72. The molecule has 0 saturated carbocycles. The number of hydrogen-bond acceptors (Lipinski definition) is 3. The quantitative estimate of drug-likeness (QED) is 0.594. The number of benzene rings is 1. The van der Waals surface area contributed by atoms with Crippen LogP contribution >= 0.6 is 11.6 Å². The van der Waals surface area contributed by atoms with Gasteiger partial charge in [-0.1, -0.05) is 38.4 Å². The van der Waals surface area contributed by atoms with Gasteiger partial charge in [-0.3, -0.25) is 4.79 Å². The van der Waals surface area contributed by atoms with Crippen LogP contribution in [0.15, 0.2) is 30.0 Å². The van der Waals surface area contributed by atoms with Gasteiger partial charge in [0, 0.05) is 22.4 Å². The number of nitrogens with zero attached hydrogens (tertiary/aromatic N) is 1. The Balaban J connectivity index is 2.87. The van der Waals surface area contributed by atoms with Crippen molar-refractivity contribution in [3.63, 3.8) is 0 Å². The molecule has 1 aromatic rings. The predicted molar refractivity (Wildman–Crippen MR) is 99.8 cm³/mol. The fourth-order valence-corrected chi connectivity index (χ4v) is 2.88. The van der Waals surface area contributed by atoms with Crippen molar-refractivity contribution >= 4 is 23.2 Å². The first-order chi connectivity index (χ1) is 10.9. The van der Waals surface area contributed by atoms with Crippen molar-refractivity contribution in [3.8, 4) is 6.07 Å². The number of anilines is 1. The Bertz CT molecular complexity index is 679. The molecule has 0 fully saturated rings. The molecule has 0 saturated heterocycles. The average Bonchev–Trinajstić information content (AvgIpc) is 2.40. The van der Waals surface area contributed by atoms with Crippen LogP contribution in [-0.4, -0.2) is 11.4 Å². The summed E-state index contributed by atoms with van der Waals surface area (Å²) in [6.07, 6.45) is 2.38. The second-order valence-electron chi connectivity index (χ2n) is 7.85. The highest BCUT2D eigenvalue weighted by atomic mass is 35.5. The fourth-order valence-electron chi connectivity index (χ4n) is 2.71. The van der Waals surface area contributed by atoms with Crippen LogP contribution < -0.4 is 10.6 Å². The van der Waals surface area contributed by atoms with E-state index in [-0.39, 0.29) is 16.5 Å². The zero-order chi connectivity index (χ0) is 18.5. The Kier molecular flexibility index (Phi) is 6.45. The molecule has 0 aliphatic rings. The van der Waals surface area contributed by atoms with E-state index in [2.05, 4.69) is 31.4 Å². The SMILES string of the molecule is Cc1ccc(Cl)cc1NC(=O)/C(C#N)=C\NC(C)(C)CC(C)(C)C. The van der Waals surface area contributed by atoms with Crippen molar-refractivity contribution in [2.45, 2.75) is 53.5 Å². The zero-order valence-corrected chi connectivity index (χ0v) is 16.0. The zero-order valence-electron chi connectivity index (χ0n) is 15.2. The number of nitrogens with one attached hydrogen (secondary N) is 2. The number of halogens is 1. The van der Waals surface area contributed by atoms with Crippen LogP contribution in [0.4, 0.5) is 5.69 Å². The third-order valence-electron chi connectivity index (χ3n) is 3.39. The summed E-state index contributed by atoms with van der Waals surface area (Å²) in [4.78, 5) is 12.3. The molecule has 0 spiro atoms. The Morgan fingerprint density at radius 1 is 1.29 bits per heavy atom. The van der Waals surface area contributed by atoms with Gasteiger partial charge >= 0.3 is 0 Å². The van der Waals surface area contributed by atoms with Crippen LogP contribution in [0.3, 0.4) is 0 Å². The van der Waals surface area contributed by atoms with Crippen LogP contribution in [0, 0.1) is 23.7 Å². The molecule has 1 aromatic carbocycles. The van der Waals surface area contributed by atoms with E-state index >= 15 is 0 Å². The van der Waals surface area contributed by atoms with Gasteiger partial charge in [-0.2, -0.15) is 5.26 Å². The number of hydrogen-bond donors (Lipinski definition) is 2. The number of amides is 1. The molecule has 2 N–H and O–H groups in total. The number of rotatable bonds is 5. The maximum atomic E-state index is 12.3. The molecule has 0 radical (unpaired) electrons. The highest BCUT2D eigenvalue weighted by molar-refractivity contribution is 6.31. The lowest BCUT2D eigenvalue weighted by molar-refractivity contribution is -0.112. The van der Waals surface area contributed by atoms with Gasteiger partial charge in [-0.05, 0) is 50.3 Å². The van der Waals surface area contributed by atoms with E-state index < -0.39 is 5.91 Å². The van der Waals surface area contributed by atoms with Gasteiger partial charge in [-0.15, -0.1) is 0 Å². The van der Waals surface area contributed by atoms with Gasteiger partial charge in [0.05, 0.1) is 0 Å². The Morgan fingerprint density at radius 2 is 1.92 bits per heavy atom. The lowest BCUT2D eigenvalue weighted by Gasteiger charge is -2.33. The van der Waals surface area contributed by atoms with E-state index in [4.69, 9.17) is 11.6 Å². The first-order valence-electron chi connectivity index (χ1n) is 7.89. The lowest BCUT2D eigenvalue weighted by atomic mass is 9.82. The van der Waals surface area contributed by atoms with Crippen molar-refractivity contribution in [3.05, 3.63) is 40.6 Å². The molecule has 0 bridgehead atoms. The number of carbonyl (C=O) groups excluding carboxylic acids is 1. The van der Waals surface area contributed by atoms with Crippen LogP contribution in [0.25, 0.3) is 0 Å². The number of aryl methyl sites for hydroxylation is 1. The molecular weight excluding hydrogens is 322 g/mol. The molecular formula is C19H26ClN3O. The smallest absolute Gasteiger partial charge is 0.267 e. The van der Waals surface area contributed by atoms with Gasteiger partial charge in [0.1, 0.15) is 11.6 Å². The Hall–Kier alpha value is -1.99. The molecule has 130 valence electrons. The minimum atomic E-state index is -0.457. The predicted octanol–water partition coefficient (Wildman–Crippen LogP) is 4.80. The topological polar surface area (TPSA) is 64.9 Å². The number of carbonyl (C=O) groups is 1. The van der Waals surface area contributed by atoms with Gasteiger partial charge in [0.2, 0.25) is 0 Å².